The maximum atomic E-state index is 12.9. The topological polar surface area (TPSA) is 76.1 Å². The quantitative estimate of drug-likeness (QED) is 0.464. The van der Waals surface area contributed by atoms with Crippen LogP contribution in [0.15, 0.2) is 53.4 Å². The number of hydrogen-bond acceptors (Lipinski definition) is 6. The third-order valence-corrected chi connectivity index (χ3v) is 5.81. The number of thioether (sulfide) groups is 1. The Balaban J connectivity index is 1.68. The molecule has 1 amide bonds. The molecule has 8 heteroatoms. The van der Waals surface area contributed by atoms with Crippen molar-refractivity contribution in [2.24, 2.45) is 0 Å². The zero-order chi connectivity index (χ0) is 21.5. The number of carbonyl (C=O) groups excluding carboxylic acids is 1. The summed E-state index contributed by atoms with van der Waals surface area (Å²) in [6.07, 6.45) is 2.32. The van der Waals surface area contributed by atoms with Crippen LogP contribution in [-0.2, 0) is 16.0 Å². The second kappa shape index (κ2) is 10.3. The summed E-state index contributed by atoms with van der Waals surface area (Å²) in [5, 5.41) is 8.78. The van der Waals surface area contributed by atoms with Crippen molar-refractivity contribution in [3.63, 3.8) is 0 Å². The van der Waals surface area contributed by atoms with Crippen LogP contribution < -0.4 is 9.47 Å². The standard InChI is InChI=1S/C22H21NO5S2/c1-27-17-8-6-15(7-9-17)10-12-23-21(26)19(30-22(23)29)14-16-4-2-3-5-18(16)28-13-11-20(24)25/h2-9,14H,10-13H2,1H3,(H,24,25)/b19-14+. The molecule has 0 unspecified atom stereocenters. The lowest BCUT2D eigenvalue weighted by Gasteiger charge is -2.14. The van der Waals surface area contributed by atoms with Crippen molar-refractivity contribution in [3.8, 4) is 11.5 Å². The smallest absolute Gasteiger partial charge is 0.306 e. The van der Waals surface area contributed by atoms with Crippen LogP contribution in [0.4, 0.5) is 0 Å². The lowest BCUT2D eigenvalue weighted by Crippen LogP contribution is -2.30. The van der Waals surface area contributed by atoms with Crippen molar-refractivity contribution in [2.45, 2.75) is 12.8 Å². The fraction of sp³-hybridized carbons (Fsp3) is 0.227. The molecule has 0 atom stereocenters. The third-order valence-electron chi connectivity index (χ3n) is 4.44. The fourth-order valence-corrected chi connectivity index (χ4v) is 4.15. The van der Waals surface area contributed by atoms with Crippen LogP contribution in [0.1, 0.15) is 17.5 Å². The van der Waals surface area contributed by atoms with Crippen LogP contribution in [-0.4, -0.2) is 46.5 Å². The number of methoxy groups -OCH3 is 1. The highest BCUT2D eigenvalue weighted by Gasteiger charge is 2.31. The summed E-state index contributed by atoms with van der Waals surface area (Å²) in [7, 11) is 1.62. The summed E-state index contributed by atoms with van der Waals surface area (Å²) in [5.74, 6) is 0.253. The number of carboxylic acid groups (broad SMARTS) is 1. The molecule has 2 aromatic rings. The van der Waals surface area contributed by atoms with E-state index in [1.54, 1.807) is 30.2 Å². The van der Waals surface area contributed by atoms with Gasteiger partial charge in [0.05, 0.1) is 25.0 Å². The summed E-state index contributed by atoms with van der Waals surface area (Å²) in [5.41, 5.74) is 1.80. The van der Waals surface area contributed by atoms with Crippen molar-refractivity contribution in [1.29, 1.82) is 0 Å². The molecule has 1 aliphatic rings. The molecule has 0 saturated carbocycles. The Morgan fingerprint density at radius 2 is 1.93 bits per heavy atom. The Kier molecular flexibility index (Phi) is 7.48. The van der Waals surface area contributed by atoms with Gasteiger partial charge in [-0.15, -0.1) is 0 Å². The van der Waals surface area contributed by atoms with Gasteiger partial charge < -0.3 is 14.6 Å². The maximum absolute atomic E-state index is 12.9. The normalized spacial score (nSPS) is 15.0. The summed E-state index contributed by atoms with van der Waals surface area (Å²) >= 11 is 6.66. The lowest BCUT2D eigenvalue weighted by atomic mass is 10.1. The van der Waals surface area contributed by atoms with E-state index in [4.69, 9.17) is 26.8 Å². The van der Waals surface area contributed by atoms with Gasteiger partial charge in [-0.05, 0) is 36.3 Å². The number of benzene rings is 2. The zero-order valence-electron chi connectivity index (χ0n) is 16.4. The number of thiocarbonyl (C=S) groups is 1. The lowest BCUT2D eigenvalue weighted by molar-refractivity contribution is -0.137. The Morgan fingerprint density at radius 3 is 2.63 bits per heavy atom. The van der Waals surface area contributed by atoms with Gasteiger partial charge >= 0.3 is 5.97 Å². The summed E-state index contributed by atoms with van der Waals surface area (Å²) in [4.78, 5) is 25.7. The van der Waals surface area contributed by atoms with E-state index in [-0.39, 0.29) is 18.9 Å². The summed E-state index contributed by atoms with van der Waals surface area (Å²) in [6.45, 7) is 0.550. The van der Waals surface area contributed by atoms with Gasteiger partial charge in [-0.2, -0.15) is 0 Å². The number of hydrogen-bond donors (Lipinski definition) is 1. The van der Waals surface area contributed by atoms with E-state index < -0.39 is 5.97 Å². The second-order valence-electron chi connectivity index (χ2n) is 6.46. The van der Waals surface area contributed by atoms with Gasteiger partial charge in [0.15, 0.2) is 0 Å². The highest BCUT2D eigenvalue weighted by atomic mass is 32.2. The van der Waals surface area contributed by atoms with E-state index in [1.165, 1.54) is 11.8 Å². The molecule has 1 aliphatic heterocycles. The highest BCUT2D eigenvalue weighted by Crippen LogP contribution is 2.34. The van der Waals surface area contributed by atoms with Crippen LogP contribution in [0.25, 0.3) is 6.08 Å². The van der Waals surface area contributed by atoms with E-state index in [1.807, 2.05) is 36.4 Å². The number of ether oxygens (including phenoxy) is 2. The van der Waals surface area contributed by atoms with Crippen LogP contribution in [0.5, 0.6) is 11.5 Å². The van der Waals surface area contributed by atoms with Crippen molar-refractivity contribution in [3.05, 3.63) is 64.6 Å². The first kappa shape index (κ1) is 21.9. The van der Waals surface area contributed by atoms with Crippen molar-refractivity contribution in [2.75, 3.05) is 20.3 Å². The Bertz CT molecular complexity index is 972. The average Bonchev–Trinajstić information content (AvgIpc) is 3.00. The van der Waals surface area contributed by atoms with Gasteiger partial charge in [-0.1, -0.05) is 54.3 Å². The second-order valence-corrected chi connectivity index (χ2v) is 8.14. The Labute approximate surface area is 184 Å². The van der Waals surface area contributed by atoms with Crippen LogP contribution in [0, 0.1) is 0 Å². The van der Waals surface area contributed by atoms with E-state index in [0.29, 0.717) is 33.5 Å². The number of carboxylic acids is 1. The number of rotatable bonds is 9. The molecule has 0 bridgehead atoms. The van der Waals surface area contributed by atoms with Gasteiger partial charge in [0, 0.05) is 12.1 Å². The first-order valence-electron chi connectivity index (χ1n) is 9.30. The van der Waals surface area contributed by atoms with Crippen molar-refractivity contribution >= 4 is 46.3 Å². The molecule has 2 aromatic carbocycles. The number of amides is 1. The molecule has 1 fully saturated rings. The van der Waals surface area contributed by atoms with E-state index in [9.17, 15) is 9.59 Å². The number of aliphatic carboxylic acids is 1. The van der Waals surface area contributed by atoms with E-state index in [0.717, 1.165) is 11.3 Å². The molecule has 156 valence electrons. The molecule has 0 radical (unpaired) electrons. The van der Waals surface area contributed by atoms with Crippen molar-refractivity contribution < 1.29 is 24.2 Å². The molecule has 30 heavy (non-hydrogen) atoms. The molecule has 1 heterocycles. The summed E-state index contributed by atoms with van der Waals surface area (Å²) < 4.78 is 11.2. The molecular weight excluding hydrogens is 422 g/mol. The van der Waals surface area contributed by atoms with Gasteiger partial charge in [-0.25, -0.2) is 0 Å². The molecule has 3 rings (SSSR count). The summed E-state index contributed by atoms with van der Waals surface area (Å²) in [6, 6.07) is 14.9. The van der Waals surface area contributed by atoms with Crippen LogP contribution in [0.2, 0.25) is 0 Å². The molecule has 6 nitrogen and oxygen atoms in total. The molecule has 0 spiro atoms. The van der Waals surface area contributed by atoms with Gasteiger partial charge in [0.2, 0.25) is 0 Å². The van der Waals surface area contributed by atoms with Crippen molar-refractivity contribution in [1.82, 2.24) is 4.90 Å². The monoisotopic (exact) mass is 443 g/mol. The first-order valence-corrected chi connectivity index (χ1v) is 10.5. The Morgan fingerprint density at radius 1 is 1.20 bits per heavy atom. The molecular formula is C22H21NO5S2. The zero-order valence-corrected chi connectivity index (χ0v) is 18.0. The average molecular weight is 444 g/mol. The van der Waals surface area contributed by atoms with Gasteiger partial charge in [0.1, 0.15) is 15.8 Å². The van der Waals surface area contributed by atoms with E-state index in [2.05, 4.69) is 0 Å². The minimum Gasteiger partial charge on any atom is -0.497 e. The highest BCUT2D eigenvalue weighted by molar-refractivity contribution is 8.26. The number of para-hydroxylation sites is 1. The molecule has 1 saturated heterocycles. The molecule has 0 aliphatic carbocycles. The van der Waals surface area contributed by atoms with Gasteiger partial charge in [0.25, 0.3) is 5.91 Å². The van der Waals surface area contributed by atoms with Gasteiger partial charge in [-0.3, -0.25) is 14.5 Å². The minimum atomic E-state index is -0.926. The fourth-order valence-electron chi connectivity index (χ4n) is 2.85. The molecule has 0 aromatic heterocycles. The SMILES string of the molecule is COc1ccc(CCN2C(=O)/C(=C\c3ccccc3OCCC(=O)O)SC2=S)cc1. The predicted octanol–water partition coefficient (Wildman–Crippen LogP) is 3.99. The van der Waals surface area contributed by atoms with Crippen LogP contribution in [0.3, 0.4) is 0 Å². The number of nitrogens with zero attached hydrogens (tertiary/aromatic N) is 1. The minimum absolute atomic E-state index is 0.0585. The Hall–Kier alpha value is -2.84. The predicted molar refractivity (Wildman–Crippen MR) is 121 cm³/mol. The molecule has 1 N–H and O–H groups in total. The largest absolute Gasteiger partial charge is 0.497 e. The third kappa shape index (κ3) is 5.61. The van der Waals surface area contributed by atoms with Crippen LogP contribution >= 0.6 is 24.0 Å². The van der Waals surface area contributed by atoms with E-state index >= 15 is 0 Å². The maximum Gasteiger partial charge on any atom is 0.306 e. The first-order chi connectivity index (χ1) is 14.5. The number of carbonyl (C=O) groups is 2.